The molecule has 0 radical (unpaired) electrons. The van der Waals surface area contributed by atoms with Crippen molar-refractivity contribution in [3.05, 3.63) is 0 Å². The van der Waals surface area contributed by atoms with Crippen molar-refractivity contribution in [2.24, 2.45) is 5.73 Å². The van der Waals surface area contributed by atoms with Crippen molar-refractivity contribution >= 4 is 11.9 Å². The third-order valence-electron chi connectivity index (χ3n) is 3.52. The van der Waals surface area contributed by atoms with Crippen LogP contribution in [0.3, 0.4) is 0 Å². The Balaban J connectivity index is 2.02. The molecule has 90 valence electrons. The van der Waals surface area contributed by atoms with Crippen molar-refractivity contribution < 1.29 is 9.59 Å². The Hall–Kier alpha value is -1.14. The maximum Gasteiger partial charge on any atom is 0.324 e. The van der Waals surface area contributed by atoms with Crippen LogP contribution in [0.4, 0.5) is 4.79 Å². The number of carbonyl (C=O) groups is 2. The molecular formula is C10H18N4O2. The molecule has 3 amide bonds. The average molecular weight is 226 g/mol. The van der Waals surface area contributed by atoms with Crippen LogP contribution in [-0.2, 0) is 4.79 Å². The Morgan fingerprint density at radius 3 is 2.44 bits per heavy atom. The normalized spacial score (nSPS) is 25.2. The second-order valence-electron chi connectivity index (χ2n) is 4.51. The third kappa shape index (κ3) is 1.68. The molecule has 0 saturated carbocycles. The molecule has 0 bridgehead atoms. The number of amides is 3. The fraction of sp³-hybridized carbons (Fsp3) is 0.800. The number of nitrogens with zero attached hydrogens (tertiary/aromatic N) is 2. The Kier molecular flexibility index (Phi) is 2.86. The van der Waals surface area contributed by atoms with E-state index in [0.29, 0.717) is 19.4 Å². The van der Waals surface area contributed by atoms with Gasteiger partial charge in [0.25, 0.3) is 5.91 Å². The molecule has 0 atom stereocenters. The van der Waals surface area contributed by atoms with Gasteiger partial charge < -0.3 is 16.0 Å². The van der Waals surface area contributed by atoms with Crippen molar-refractivity contribution in [2.45, 2.75) is 18.4 Å². The number of likely N-dealkylation sites (N-methyl/N-ethyl adjacent to an activating group) is 1. The van der Waals surface area contributed by atoms with Gasteiger partial charge in [-0.2, -0.15) is 0 Å². The first-order chi connectivity index (χ1) is 7.59. The van der Waals surface area contributed by atoms with Crippen LogP contribution in [0.2, 0.25) is 0 Å². The van der Waals surface area contributed by atoms with Gasteiger partial charge in [0.2, 0.25) is 0 Å². The summed E-state index contributed by atoms with van der Waals surface area (Å²) in [5.41, 5.74) is 4.85. The minimum atomic E-state index is -0.642. The van der Waals surface area contributed by atoms with E-state index in [2.05, 4.69) is 10.2 Å². The fourth-order valence-electron chi connectivity index (χ4n) is 2.44. The Morgan fingerprint density at radius 2 is 2.00 bits per heavy atom. The van der Waals surface area contributed by atoms with Gasteiger partial charge in [-0.3, -0.25) is 9.69 Å². The predicted molar refractivity (Wildman–Crippen MR) is 58.8 cm³/mol. The van der Waals surface area contributed by atoms with Crippen molar-refractivity contribution in [2.75, 3.05) is 33.2 Å². The maximum atomic E-state index is 12.0. The lowest BCUT2D eigenvalue weighted by Gasteiger charge is -2.36. The third-order valence-corrected chi connectivity index (χ3v) is 3.52. The quantitative estimate of drug-likeness (QED) is 0.590. The molecular weight excluding hydrogens is 208 g/mol. The number of rotatable bonds is 2. The molecule has 0 aromatic heterocycles. The molecule has 6 nitrogen and oxygen atoms in total. The van der Waals surface area contributed by atoms with E-state index >= 15 is 0 Å². The summed E-state index contributed by atoms with van der Waals surface area (Å²) in [7, 11) is 1.53. The maximum absolute atomic E-state index is 12.0. The Bertz CT molecular complexity index is 310. The second kappa shape index (κ2) is 4.03. The second-order valence-corrected chi connectivity index (χ2v) is 4.51. The first kappa shape index (κ1) is 11.3. The van der Waals surface area contributed by atoms with Crippen LogP contribution < -0.4 is 11.1 Å². The van der Waals surface area contributed by atoms with Gasteiger partial charge in [-0.15, -0.1) is 0 Å². The van der Waals surface area contributed by atoms with Gasteiger partial charge >= 0.3 is 6.03 Å². The lowest BCUT2D eigenvalue weighted by molar-refractivity contribution is -0.132. The predicted octanol–water partition coefficient (Wildman–Crippen LogP) is -1.04. The highest BCUT2D eigenvalue weighted by molar-refractivity contribution is 6.06. The van der Waals surface area contributed by atoms with Gasteiger partial charge in [-0.1, -0.05) is 0 Å². The van der Waals surface area contributed by atoms with Gasteiger partial charge in [0, 0.05) is 33.2 Å². The Morgan fingerprint density at radius 1 is 1.38 bits per heavy atom. The van der Waals surface area contributed by atoms with Crippen LogP contribution in [0, 0.1) is 0 Å². The monoisotopic (exact) mass is 226 g/mol. The zero-order valence-electron chi connectivity index (χ0n) is 9.53. The molecule has 0 aromatic carbocycles. The SMILES string of the molecule is CN1C(=O)NC2(CCN(CCN)CC2)C1=O. The zero-order valence-corrected chi connectivity index (χ0v) is 9.53. The number of nitrogens with one attached hydrogen (secondary N) is 1. The van der Waals surface area contributed by atoms with Crippen molar-refractivity contribution in [1.82, 2.24) is 15.1 Å². The molecule has 2 aliphatic rings. The first-order valence-electron chi connectivity index (χ1n) is 5.62. The topological polar surface area (TPSA) is 78.7 Å². The minimum Gasteiger partial charge on any atom is -0.329 e. The number of nitrogens with two attached hydrogens (primary N) is 1. The van der Waals surface area contributed by atoms with Gasteiger partial charge in [-0.25, -0.2) is 4.79 Å². The molecule has 2 heterocycles. The summed E-state index contributed by atoms with van der Waals surface area (Å²) in [4.78, 5) is 26.8. The van der Waals surface area contributed by atoms with E-state index in [0.717, 1.165) is 19.6 Å². The standard InChI is InChI=1S/C10H18N4O2/c1-13-8(15)10(12-9(13)16)2-5-14(6-3-10)7-4-11/h2-7,11H2,1H3,(H,12,16). The molecule has 2 fully saturated rings. The smallest absolute Gasteiger partial charge is 0.324 e. The van der Waals surface area contributed by atoms with Crippen LogP contribution in [0.15, 0.2) is 0 Å². The summed E-state index contributed by atoms with van der Waals surface area (Å²) in [5.74, 6) is -0.0927. The molecule has 1 spiro atoms. The fourth-order valence-corrected chi connectivity index (χ4v) is 2.44. The number of urea groups is 1. The number of imide groups is 1. The van der Waals surface area contributed by atoms with Crippen molar-refractivity contribution in [3.63, 3.8) is 0 Å². The van der Waals surface area contributed by atoms with Gasteiger partial charge in [0.15, 0.2) is 0 Å². The first-order valence-corrected chi connectivity index (χ1v) is 5.62. The zero-order chi connectivity index (χ0) is 11.8. The molecule has 6 heteroatoms. The summed E-state index contributed by atoms with van der Waals surface area (Å²) in [6.45, 7) is 3.12. The summed E-state index contributed by atoms with van der Waals surface area (Å²) in [6, 6.07) is -0.280. The largest absolute Gasteiger partial charge is 0.329 e. The minimum absolute atomic E-state index is 0.0927. The Labute approximate surface area is 94.7 Å². The molecule has 0 aliphatic carbocycles. The van der Waals surface area contributed by atoms with Crippen LogP contribution in [-0.4, -0.2) is 60.5 Å². The lowest BCUT2D eigenvalue weighted by Crippen LogP contribution is -2.55. The lowest BCUT2D eigenvalue weighted by atomic mass is 9.87. The molecule has 0 aromatic rings. The highest BCUT2D eigenvalue weighted by Crippen LogP contribution is 2.28. The summed E-state index contributed by atoms with van der Waals surface area (Å²) < 4.78 is 0. The van der Waals surface area contributed by atoms with Crippen LogP contribution >= 0.6 is 0 Å². The summed E-state index contributed by atoms with van der Waals surface area (Å²) in [5, 5.41) is 2.81. The number of hydrogen-bond acceptors (Lipinski definition) is 4. The molecule has 3 N–H and O–H groups in total. The molecule has 0 unspecified atom stereocenters. The van der Waals surface area contributed by atoms with Crippen LogP contribution in [0.1, 0.15) is 12.8 Å². The molecule has 2 rings (SSSR count). The summed E-state index contributed by atoms with van der Waals surface area (Å²) >= 11 is 0. The number of hydrogen-bond donors (Lipinski definition) is 2. The van der Waals surface area contributed by atoms with Crippen LogP contribution in [0.5, 0.6) is 0 Å². The van der Waals surface area contributed by atoms with Crippen LogP contribution in [0.25, 0.3) is 0 Å². The number of carbonyl (C=O) groups excluding carboxylic acids is 2. The van der Waals surface area contributed by atoms with E-state index in [1.165, 1.54) is 11.9 Å². The van der Waals surface area contributed by atoms with Crippen molar-refractivity contribution in [3.8, 4) is 0 Å². The average Bonchev–Trinajstić information content (AvgIpc) is 2.48. The van der Waals surface area contributed by atoms with E-state index in [1.54, 1.807) is 0 Å². The summed E-state index contributed by atoms with van der Waals surface area (Å²) in [6.07, 6.45) is 1.36. The molecule has 2 aliphatic heterocycles. The van der Waals surface area contributed by atoms with E-state index in [1.807, 2.05) is 0 Å². The van der Waals surface area contributed by atoms with E-state index in [9.17, 15) is 9.59 Å². The molecule has 16 heavy (non-hydrogen) atoms. The van der Waals surface area contributed by atoms with Gasteiger partial charge in [0.05, 0.1) is 0 Å². The van der Waals surface area contributed by atoms with Gasteiger partial charge in [0.1, 0.15) is 5.54 Å². The number of piperidine rings is 1. The van der Waals surface area contributed by atoms with E-state index in [-0.39, 0.29) is 11.9 Å². The van der Waals surface area contributed by atoms with E-state index < -0.39 is 5.54 Å². The highest BCUT2D eigenvalue weighted by atomic mass is 16.2. The molecule has 2 saturated heterocycles. The number of likely N-dealkylation sites (tertiary alicyclic amines) is 1. The van der Waals surface area contributed by atoms with Gasteiger partial charge in [-0.05, 0) is 12.8 Å². The highest BCUT2D eigenvalue weighted by Gasteiger charge is 2.50. The van der Waals surface area contributed by atoms with E-state index in [4.69, 9.17) is 5.73 Å². The van der Waals surface area contributed by atoms with Crippen molar-refractivity contribution in [1.29, 1.82) is 0 Å².